The van der Waals surface area contributed by atoms with E-state index in [1.165, 1.54) is 48.5 Å². The molecule has 4 aromatic carbocycles. The molecule has 0 spiro atoms. The fourth-order valence-electron chi connectivity index (χ4n) is 3.57. The third-order valence-corrected chi connectivity index (χ3v) is 6.17. The zero-order chi connectivity index (χ0) is 30.1. The van der Waals surface area contributed by atoms with Crippen LogP contribution in [0.4, 0.5) is 27.5 Å². The van der Waals surface area contributed by atoms with Gasteiger partial charge in [-0.2, -0.15) is 0 Å². The van der Waals surface area contributed by atoms with E-state index in [1.54, 1.807) is 48.5 Å². The lowest BCUT2D eigenvalue weighted by Crippen LogP contribution is -2.19. The van der Waals surface area contributed by atoms with Gasteiger partial charge in [-0.1, -0.05) is 12.1 Å². The van der Waals surface area contributed by atoms with Gasteiger partial charge in [-0.25, -0.2) is 9.36 Å². The summed E-state index contributed by atoms with van der Waals surface area (Å²) < 4.78 is 20.5. The van der Waals surface area contributed by atoms with Crippen LogP contribution in [0, 0.1) is 0 Å². The Labute approximate surface area is 241 Å². The van der Waals surface area contributed by atoms with E-state index in [-0.39, 0.29) is 11.5 Å². The molecule has 4 aromatic rings. The van der Waals surface area contributed by atoms with Crippen LogP contribution in [-0.2, 0) is 4.57 Å². The van der Waals surface area contributed by atoms with Gasteiger partial charge in [0.25, 0.3) is 11.8 Å². The Hall–Kier alpha value is -4.77. The van der Waals surface area contributed by atoms with Crippen molar-refractivity contribution in [1.29, 1.82) is 0 Å². The molecule has 1 unspecified atom stereocenters. The van der Waals surface area contributed by atoms with Gasteiger partial charge in [0.1, 0.15) is 11.5 Å². The van der Waals surface area contributed by atoms with Crippen LogP contribution < -0.4 is 30.3 Å². The predicted octanol–water partition coefficient (Wildman–Crippen LogP) is 5.19. The van der Waals surface area contributed by atoms with E-state index < -0.39 is 34.7 Å². The number of anilines is 4. The maximum atomic E-state index is 12.6. The largest absolute Gasteiger partial charge is 0.427 e. The second-order valence-corrected chi connectivity index (χ2v) is 9.83. The Kier molecular flexibility index (Phi) is 10.2. The zero-order valence-electron chi connectivity index (χ0n) is 21.5. The average molecular weight is 610 g/mol. The van der Waals surface area contributed by atoms with Crippen LogP contribution in [-0.4, -0.2) is 32.5 Å². The molecule has 0 aliphatic heterocycles. The summed E-state index contributed by atoms with van der Waals surface area (Å²) in [5.41, 5.74) is 2.23. The van der Waals surface area contributed by atoms with Crippen molar-refractivity contribution in [2.75, 3.05) is 21.3 Å². The van der Waals surface area contributed by atoms with Gasteiger partial charge in [0.2, 0.25) is 0 Å². The molecule has 0 aliphatic rings. The lowest BCUT2D eigenvalue weighted by molar-refractivity contribution is 0.101. The number of hydrogen-bond donors (Lipinski definition) is 7. The summed E-state index contributed by atoms with van der Waals surface area (Å²) in [6.45, 7) is 0. The lowest BCUT2D eigenvalue weighted by Gasteiger charge is -2.11. The van der Waals surface area contributed by atoms with Gasteiger partial charge in [0, 0.05) is 46.0 Å². The summed E-state index contributed by atoms with van der Waals surface area (Å²) in [5, 5.41) is 10.6. The monoisotopic (exact) mass is 610 g/mol. The number of nitrogens with one attached hydrogen (secondary N) is 4. The highest BCUT2D eigenvalue weighted by molar-refractivity contribution is 7.39. The molecular formula is C27H24N4O9P2. The maximum Gasteiger partial charge on any atom is 0.391 e. The van der Waals surface area contributed by atoms with Crippen molar-refractivity contribution >= 4 is 57.5 Å². The Morgan fingerprint density at radius 1 is 0.619 bits per heavy atom. The van der Waals surface area contributed by atoms with Crippen molar-refractivity contribution in [3.05, 3.63) is 108 Å². The first kappa shape index (κ1) is 30.2. The first-order valence-electron chi connectivity index (χ1n) is 12.0. The van der Waals surface area contributed by atoms with E-state index in [4.69, 9.17) is 23.7 Å². The molecule has 1 atom stereocenters. The Morgan fingerprint density at radius 3 is 1.52 bits per heavy atom. The molecule has 0 aliphatic carbocycles. The van der Waals surface area contributed by atoms with Gasteiger partial charge in [0.15, 0.2) is 0 Å². The molecule has 0 aromatic heterocycles. The highest BCUT2D eigenvalue weighted by Crippen LogP contribution is 2.30. The number of carbonyl (C=O) groups is 3. The fourth-order valence-corrected chi connectivity index (χ4v) is 4.20. The van der Waals surface area contributed by atoms with Crippen molar-refractivity contribution in [3.8, 4) is 11.5 Å². The standard InChI is InChI=1S/C27H24N4O9P2/c32-25(28-21-3-1-5-23(15-21)39-41(35)36)17-7-11-19(12-8-17)30-27(34)31-20-13-9-18(10-14-20)26(33)29-22-4-2-6-24(16-22)40-42(37)38/h1-16,35-36,42H,(H,28,32)(H,29,33)(H,37,38)(H2,30,31,34). The molecule has 15 heteroatoms. The second-order valence-electron chi connectivity index (χ2n) is 8.41. The molecule has 13 nitrogen and oxygen atoms in total. The van der Waals surface area contributed by atoms with Crippen molar-refractivity contribution < 1.29 is 42.7 Å². The number of carbonyl (C=O) groups excluding carboxylic acids is 3. The summed E-state index contributed by atoms with van der Waals surface area (Å²) in [6, 6.07) is 23.9. The topological polar surface area (TPSA) is 196 Å². The molecule has 0 fully saturated rings. The number of urea groups is 1. The molecule has 0 radical (unpaired) electrons. The molecule has 42 heavy (non-hydrogen) atoms. The molecule has 0 saturated carbocycles. The van der Waals surface area contributed by atoms with Crippen molar-refractivity contribution in [1.82, 2.24) is 0 Å². The molecule has 4 amide bonds. The van der Waals surface area contributed by atoms with Crippen molar-refractivity contribution in [2.45, 2.75) is 0 Å². The molecule has 4 rings (SSSR count). The number of rotatable bonds is 10. The molecule has 0 saturated heterocycles. The van der Waals surface area contributed by atoms with E-state index in [1.807, 2.05) is 0 Å². The van der Waals surface area contributed by atoms with E-state index in [0.717, 1.165) is 0 Å². The van der Waals surface area contributed by atoms with E-state index in [0.29, 0.717) is 33.9 Å². The van der Waals surface area contributed by atoms with E-state index in [2.05, 4.69) is 21.3 Å². The summed E-state index contributed by atoms with van der Waals surface area (Å²) in [5.74, 6) is -0.535. The Balaban J connectivity index is 1.28. The number of amides is 4. The van der Waals surface area contributed by atoms with Gasteiger partial charge < -0.3 is 45.0 Å². The number of hydrogen-bond acceptors (Lipinski definition) is 8. The summed E-state index contributed by atoms with van der Waals surface area (Å²) in [7, 11) is -5.75. The summed E-state index contributed by atoms with van der Waals surface area (Å²) >= 11 is 0. The molecule has 216 valence electrons. The highest BCUT2D eigenvalue weighted by atomic mass is 31.2. The minimum atomic E-state index is -3.17. The van der Waals surface area contributed by atoms with Crippen LogP contribution >= 0.6 is 16.9 Å². The predicted molar refractivity (Wildman–Crippen MR) is 158 cm³/mol. The van der Waals surface area contributed by atoms with Crippen molar-refractivity contribution in [3.63, 3.8) is 0 Å². The van der Waals surface area contributed by atoms with Gasteiger partial charge >= 0.3 is 22.9 Å². The van der Waals surface area contributed by atoms with Crippen LogP contribution in [0.25, 0.3) is 0 Å². The van der Waals surface area contributed by atoms with Gasteiger partial charge in [-0.15, -0.1) is 0 Å². The van der Waals surface area contributed by atoms with E-state index >= 15 is 0 Å². The molecule has 0 bridgehead atoms. The minimum absolute atomic E-state index is 0.140. The third kappa shape index (κ3) is 9.13. The van der Waals surface area contributed by atoms with Crippen molar-refractivity contribution in [2.24, 2.45) is 0 Å². The molecule has 7 N–H and O–H groups in total. The first-order chi connectivity index (χ1) is 20.1. The van der Waals surface area contributed by atoms with E-state index in [9.17, 15) is 18.9 Å². The maximum absolute atomic E-state index is 12.6. The highest BCUT2D eigenvalue weighted by Gasteiger charge is 2.11. The summed E-state index contributed by atoms with van der Waals surface area (Å²) in [4.78, 5) is 64.4. The minimum Gasteiger partial charge on any atom is -0.427 e. The average Bonchev–Trinajstić information content (AvgIpc) is 2.93. The van der Waals surface area contributed by atoms with Gasteiger partial charge in [-0.3, -0.25) is 9.59 Å². The van der Waals surface area contributed by atoms with Gasteiger partial charge in [0.05, 0.1) is 0 Å². The smallest absolute Gasteiger partial charge is 0.391 e. The van der Waals surface area contributed by atoms with Gasteiger partial charge in [-0.05, 0) is 72.8 Å². The van der Waals surface area contributed by atoms with Crippen LogP contribution in [0.5, 0.6) is 11.5 Å². The van der Waals surface area contributed by atoms with Crippen LogP contribution in [0.15, 0.2) is 97.1 Å². The lowest BCUT2D eigenvalue weighted by atomic mass is 10.2. The zero-order valence-corrected chi connectivity index (χ0v) is 23.4. The molecular weight excluding hydrogens is 586 g/mol. The first-order valence-corrected chi connectivity index (χ1v) is 14.4. The Bertz CT molecular complexity index is 1600. The fraction of sp³-hybridized carbons (Fsp3) is 0. The SMILES string of the molecule is O=C(Nc1ccc(C(=O)Nc2cccc(OP(O)O)c2)cc1)Nc1ccc(C(=O)Nc2cccc(O[PH](=O)O)c2)cc1. The second kappa shape index (κ2) is 14.2. The summed E-state index contributed by atoms with van der Waals surface area (Å²) in [6.07, 6.45) is 0. The van der Waals surface area contributed by atoms with Crippen LogP contribution in [0.1, 0.15) is 20.7 Å². The Morgan fingerprint density at radius 2 is 1.07 bits per heavy atom. The third-order valence-electron chi connectivity index (χ3n) is 5.39. The molecule has 0 heterocycles. The quantitative estimate of drug-likeness (QED) is 0.118. The normalized spacial score (nSPS) is 11.2. The van der Waals surface area contributed by atoms with Crippen LogP contribution in [0.3, 0.4) is 0 Å². The van der Waals surface area contributed by atoms with Crippen LogP contribution in [0.2, 0.25) is 0 Å². The number of benzene rings is 4.